The van der Waals surface area contributed by atoms with Crippen molar-refractivity contribution in [3.63, 3.8) is 0 Å². The lowest BCUT2D eigenvalue weighted by atomic mass is 9.84. The summed E-state index contributed by atoms with van der Waals surface area (Å²) in [5.41, 5.74) is 0.564. The molecule has 0 aliphatic carbocycles. The van der Waals surface area contributed by atoms with Crippen LogP contribution in [0.15, 0.2) is 61.2 Å². The van der Waals surface area contributed by atoms with E-state index in [2.05, 4.69) is 15.6 Å². The van der Waals surface area contributed by atoms with Gasteiger partial charge in [-0.2, -0.15) is 4.98 Å². The Hall–Kier alpha value is -5.17. The number of hydrogen-bond acceptors (Lipinski definition) is 11. The van der Waals surface area contributed by atoms with Gasteiger partial charge in [0.2, 0.25) is 12.7 Å². The molecule has 1 fully saturated rings. The average molecular weight is 642 g/mol. The number of piperazine rings is 1. The highest BCUT2D eigenvalue weighted by Crippen LogP contribution is 2.35. The molecule has 0 radical (unpaired) electrons. The monoisotopic (exact) mass is 641 g/mol. The first-order valence-corrected chi connectivity index (χ1v) is 15.5. The highest BCUT2D eigenvalue weighted by Gasteiger charge is 2.53. The molecule has 6 rings (SSSR count). The van der Waals surface area contributed by atoms with E-state index in [0.717, 1.165) is 11.3 Å². The summed E-state index contributed by atoms with van der Waals surface area (Å²) >= 11 is 0. The normalized spacial score (nSPS) is 17.8. The van der Waals surface area contributed by atoms with Gasteiger partial charge in [-0.05, 0) is 48.2 Å². The zero-order valence-electron chi connectivity index (χ0n) is 27.1. The van der Waals surface area contributed by atoms with E-state index in [9.17, 15) is 9.59 Å². The van der Waals surface area contributed by atoms with Crippen molar-refractivity contribution in [1.82, 2.24) is 30.2 Å². The zero-order valence-corrected chi connectivity index (χ0v) is 27.1. The van der Waals surface area contributed by atoms with Gasteiger partial charge in [-0.3, -0.25) is 14.2 Å². The summed E-state index contributed by atoms with van der Waals surface area (Å²) in [6.45, 7) is 7.01. The molecule has 13 heteroatoms. The van der Waals surface area contributed by atoms with Gasteiger partial charge in [0.15, 0.2) is 22.8 Å². The van der Waals surface area contributed by atoms with E-state index in [0.29, 0.717) is 53.4 Å². The van der Waals surface area contributed by atoms with Crippen LogP contribution in [-0.2, 0) is 16.0 Å². The Morgan fingerprint density at radius 3 is 2.49 bits per heavy atom. The minimum Gasteiger partial charge on any atom is -0.497 e. The second kappa shape index (κ2) is 13.3. The third kappa shape index (κ3) is 6.30. The fraction of sp³-hybridized carbons (Fsp3) is 0.382. The molecule has 47 heavy (non-hydrogen) atoms. The number of imidazole rings is 1. The number of benzene rings is 2. The number of rotatable bonds is 11. The van der Waals surface area contributed by atoms with Crippen LogP contribution in [0.3, 0.4) is 0 Å². The van der Waals surface area contributed by atoms with E-state index in [1.807, 2.05) is 49.9 Å². The maximum Gasteiger partial charge on any atom is 0.255 e. The van der Waals surface area contributed by atoms with Gasteiger partial charge in [-0.25, -0.2) is 9.97 Å². The fourth-order valence-corrected chi connectivity index (χ4v) is 5.86. The van der Waals surface area contributed by atoms with Gasteiger partial charge in [0.1, 0.15) is 23.6 Å². The summed E-state index contributed by atoms with van der Waals surface area (Å²) < 4.78 is 23.7. The second-order valence-electron chi connectivity index (χ2n) is 11.9. The molecular weight excluding hydrogens is 602 g/mol. The van der Waals surface area contributed by atoms with Crippen LogP contribution in [0.2, 0.25) is 0 Å². The van der Waals surface area contributed by atoms with Crippen LogP contribution in [-0.4, -0.2) is 77.4 Å². The van der Waals surface area contributed by atoms with E-state index >= 15 is 0 Å². The third-order valence-electron chi connectivity index (χ3n) is 8.54. The molecule has 13 nitrogen and oxygen atoms in total. The maximum atomic E-state index is 14.8. The largest absolute Gasteiger partial charge is 0.497 e. The van der Waals surface area contributed by atoms with Crippen LogP contribution in [0, 0.1) is 0 Å². The van der Waals surface area contributed by atoms with Gasteiger partial charge in [-0.1, -0.05) is 19.9 Å². The lowest BCUT2D eigenvalue weighted by Gasteiger charge is -2.46. The van der Waals surface area contributed by atoms with Gasteiger partial charge >= 0.3 is 0 Å². The molecular formula is C34H39N7O6. The van der Waals surface area contributed by atoms with Gasteiger partial charge in [0, 0.05) is 50.6 Å². The van der Waals surface area contributed by atoms with Crippen LogP contribution < -0.4 is 34.5 Å². The Morgan fingerprint density at radius 2 is 1.79 bits per heavy atom. The van der Waals surface area contributed by atoms with Crippen LogP contribution in [0.1, 0.15) is 49.6 Å². The quantitative estimate of drug-likeness (QED) is 0.233. The molecule has 2 atom stereocenters. The van der Waals surface area contributed by atoms with Crippen molar-refractivity contribution >= 4 is 17.5 Å². The number of ketones is 1. The Morgan fingerprint density at radius 1 is 1.02 bits per heavy atom. The van der Waals surface area contributed by atoms with Crippen LogP contribution in [0.5, 0.6) is 23.0 Å². The molecule has 2 aromatic carbocycles. The number of carbonyl (C=O) groups excluding carboxylic acids is 2. The number of anilines is 1. The van der Waals surface area contributed by atoms with E-state index in [-0.39, 0.29) is 31.5 Å². The number of fused-ring (bicyclic) bond motifs is 1. The SMILES string of the molecule is COc1cc(OC)cc(C(C)NC(=O)C2(C(=O)Cc3ccc4c(c3)OCO4)CNCCN2c2cc(C(C)C)nc(-n3ccnc3)n2)c1. The Labute approximate surface area is 273 Å². The van der Waals surface area contributed by atoms with Crippen LogP contribution in [0.25, 0.3) is 5.95 Å². The third-order valence-corrected chi connectivity index (χ3v) is 8.54. The molecule has 246 valence electrons. The van der Waals surface area contributed by atoms with Crippen LogP contribution >= 0.6 is 0 Å². The predicted molar refractivity (Wildman–Crippen MR) is 174 cm³/mol. The predicted octanol–water partition coefficient (Wildman–Crippen LogP) is 3.37. The average Bonchev–Trinajstić information content (AvgIpc) is 3.80. The fourth-order valence-electron chi connectivity index (χ4n) is 5.86. The van der Waals surface area contributed by atoms with Crippen LogP contribution in [0.4, 0.5) is 5.82 Å². The first-order chi connectivity index (χ1) is 22.7. The first kappa shape index (κ1) is 31.8. The summed E-state index contributed by atoms with van der Waals surface area (Å²) in [6, 6.07) is 12.2. The highest BCUT2D eigenvalue weighted by atomic mass is 16.7. The Balaban J connectivity index is 1.43. The highest BCUT2D eigenvalue weighted by molar-refractivity contribution is 6.14. The molecule has 0 spiro atoms. The van der Waals surface area contributed by atoms with Gasteiger partial charge in [-0.15, -0.1) is 0 Å². The molecule has 1 saturated heterocycles. The summed E-state index contributed by atoms with van der Waals surface area (Å²) in [5.74, 6) is 2.52. The number of hydrogen-bond donors (Lipinski definition) is 2. The molecule has 0 saturated carbocycles. The topological polar surface area (TPSA) is 142 Å². The number of nitrogens with one attached hydrogen (secondary N) is 2. The number of nitrogens with zero attached hydrogens (tertiary/aromatic N) is 5. The minimum absolute atomic E-state index is 0.0277. The summed E-state index contributed by atoms with van der Waals surface area (Å²) in [6.07, 6.45) is 5.00. The molecule has 4 aromatic rings. The second-order valence-corrected chi connectivity index (χ2v) is 11.9. The molecule has 1 amide bonds. The molecule has 2 aliphatic rings. The van der Waals surface area contributed by atoms with Crippen molar-refractivity contribution in [3.05, 3.63) is 78.0 Å². The molecule has 2 N–H and O–H groups in total. The van der Waals surface area contributed by atoms with E-state index < -0.39 is 17.5 Å². The van der Waals surface area contributed by atoms with E-state index in [1.54, 1.807) is 55.7 Å². The van der Waals surface area contributed by atoms with Crippen molar-refractivity contribution in [2.45, 2.75) is 44.7 Å². The number of methoxy groups -OCH3 is 2. The zero-order chi connectivity index (χ0) is 33.1. The molecule has 4 heterocycles. The van der Waals surface area contributed by atoms with Crippen molar-refractivity contribution in [1.29, 1.82) is 0 Å². The lowest BCUT2D eigenvalue weighted by molar-refractivity contribution is -0.136. The maximum absolute atomic E-state index is 14.8. The van der Waals surface area contributed by atoms with Crippen molar-refractivity contribution in [2.24, 2.45) is 0 Å². The Kier molecular flexibility index (Phi) is 8.99. The first-order valence-electron chi connectivity index (χ1n) is 15.5. The summed E-state index contributed by atoms with van der Waals surface area (Å²) in [7, 11) is 3.14. The van der Waals surface area contributed by atoms with Crippen molar-refractivity contribution in [3.8, 4) is 28.9 Å². The van der Waals surface area contributed by atoms with Crippen molar-refractivity contribution < 1.29 is 28.5 Å². The van der Waals surface area contributed by atoms with E-state index in [4.69, 9.17) is 28.9 Å². The number of carbonyl (C=O) groups is 2. The molecule has 2 unspecified atom stereocenters. The minimum atomic E-state index is -1.67. The summed E-state index contributed by atoms with van der Waals surface area (Å²) in [4.78, 5) is 45.2. The van der Waals surface area contributed by atoms with E-state index in [1.165, 1.54) is 0 Å². The van der Waals surface area contributed by atoms with Gasteiger partial charge < -0.3 is 34.5 Å². The molecule has 0 bridgehead atoms. The molecule has 2 aromatic heterocycles. The number of Topliss-reactive ketones (excluding diaryl/α,β-unsaturated/α-hetero) is 1. The van der Waals surface area contributed by atoms with Gasteiger partial charge in [0.25, 0.3) is 5.91 Å². The standard InChI is InChI=1S/C34H39N7O6/c1-21(2)27-17-31(39-33(38-27)40-10-8-36-19-40)41-11-9-35-18-34(41,30(42)13-23-6-7-28-29(12-23)47-20-46-28)32(43)37-22(3)24-14-25(44-4)16-26(15-24)45-5/h6-8,10,12,14-17,19,21-22,35H,9,11,13,18,20H2,1-5H3,(H,37,43). The number of ether oxygens (including phenoxy) is 4. The number of amides is 1. The smallest absolute Gasteiger partial charge is 0.255 e. The summed E-state index contributed by atoms with van der Waals surface area (Å²) in [5, 5.41) is 6.47. The Bertz CT molecular complexity index is 1740. The van der Waals surface area contributed by atoms with Gasteiger partial charge in [0.05, 0.1) is 26.0 Å². The lowest BCUT2D eigenvalue weighted by Crippen LogP contribution is -2.72. The molecule has 2 aliphatic heterocycles. The van der Waals surface area contributed by atoms with Crippen molar-refractivity contribution in [2.75, 3.05) is 45.5 Å². The number of aromatic nitrogens is 4.